The SMILES string of the molecule is CCOCC(=O)N1CCC2(CC1)CC(Cc1nc(-c3cccnc3)no1)CCO2. The van der Waals surface area contributed by atoms with Crippen LogP contribution in [0.4, 0.5) is 0 Å². The fraction of sp³-hybridized carbons (Fsp3) is 0.619. The Bertz CT molecular complexity index is 802. The van der Waals surface area contributed by atoms with Gasteiger partial charge in [0.2, 0.25) is 17.6 Å². The van der Waals surface area contributed by atoms with Gasteiger partial charge in [0.1, 0.15) is 6.61 Å². The highest BCUT2D eigenvalue weighted by molar-refractivity contribution is 5.77. The van der Waals surface area contributed by atoms with Crippen molar-refractivity contribution in [2.75, 3.05) is 32.9 Å². The Labute approximate surface area is 170 Å². The normalized spacial score (nSPS) is 21.4. The van der Waals surface area contributed by atoms with Crippen LogP contribution in [0.5, 0.6) is 0 Å². The Hall–Kier alpha value is -2.32. The van der Waals surface area contributed by atoms with Crippen molar-refractivity contribution in [3.63, 3.8) is 0 Å². The number of hydrogen-bond acceptors (Lipinski definition) is 7. The number of hydrogen-bond donors (Lipinski definition) is 0. The van der Waals surface area contributed by atoms with Gasteiger partial charge in [0, 0.05) is 50.7 Å². The summed E-state index contributed by atoms with van der Waals surface area (Å²) >= 11 is 0. The number of aromatic nitrogens is 3. The van der Waals surface area contributed by atoms with Crippen LogP contribution in [0.2, 0.25) is 0 Å². The van der Waals surface area contributed by atoms with Crippen LogP contribution in [0.15, 0.2) is 29.0 Å². The van der Waals surface area contributed by atoms with E-state index in [0.717, 1.165) is 57.4 Å². The summed E-state index contributed by atoms with van der Waals surface area (Å²) in [5, 5.41) is 4.10. The smallest absolute Gasteiger partial charge is 0.248 e. The van der Waals surface area contributed by atoms with E-state index < -0.39 is 0 Å². The Morgan fingerprint density at radius 1 is 1.38 bits per heavy atom. The van der Waals surface area contributed by atoms with Gasteiger partial charge in [0.05, 0.1) is 5.60 Å². The van der Waals surface area contributed by atoms with Gasteiger partial charge in [-0.15, -0.1) is 0 Å². The molecule has 0 radical (unpaired) electrons. The number of pyridine rings is 1. The maximum absolute atomic E-state index is 12.2. The zero-order valence-corrected chi connectivity index (χ0v) is 16.9. The molecule has 2 saturated heterocycles. The number of ether oxygens (including phenoxy) is 2. The molecule has 29 heavy (non-hydrogen) atoms. The fourth-order valence-corrected chi connectivity index (χ4v) is 4.29. The molecular formula is C21H28N4O4. The number of piperidine rings is 1. The van der Waals surface area contributed by atoms with Crippen LogP contribution in [-0.2, 0) is 20.7 Å². The molecule has 1 spiro atoms. The monoisotopic (exact) mass is 400 g/mol. The average molecular weight is 400 g/mol. The number of nitrogens with zero attached hydrogens (tertiary/aromatic N) is 4. The first-order chi connectivity index (χ1) is 14.2. The molecule has 8 heteroatoms. The first kappa shape index (κ1) is 20.0. The minimum absolute atomic E-state index is 0.0721. The standard InChI is InChI=1S/C21H28N4O4/c1-2-27-15-19(26)25-9-6-21(7-10-25)13-16(5-11-28-21)12-18-23-20(24-29-18)17-4-3-8-22-14-17/h3-4,8,14,16H,2,5-7,9-13,15H2,1H3. The van der Waals surface area contributed by atoms with Crippen molar-refractivity contribution in [1.29, 1.82) is 0 Å². The Morgan fingerprint density at radius 2 is 2.24 bits per heavy atom. The summed E-state index contributed by atoms with van der Waals surface area (Å²) in [5.74, 6) is 1.76. The molecule has 1 amide bonds. The second-order valence-electron chi connectivity index (χ2n) is 7.87. The lowest BCUT2D eigenvalue weighted by molar-refractivity contribution is -0.150. The van der Waals surface area contributed by atoms with Gasteiger partial charge in [-0.3, -0.25) is 9.78 Å². The van der Waals surface area contributed by atoms with Crippen LogP contribution in [0, 0.1) is 5.92 Å². The second kappa shape index (κ2) is 9.00. The van der Waals surface area contributed by atoms with E-state index in [9.17, 15) is 4.79 Å². The molecule has 0 N–H and O–H groups in total. The molecule has 0 aromatic carbocycles. The molecule has 2 aromatic heterocycles. The maximum Gasteiger partial charge on any atom is 0.248 e. The highest BCUT2D eigenvalue weighted by atomic mass is 16.5. The first-order valence-corrected chi connectivity index (χ1v) is 10.4. The molecule has 2 aromatic rings. The van der Waals surface area contributed by atoms with Gasteiger partial charge in [-0.1, -0.05) is 5.16 Å². The summed E-state index contributed by atoms with van der Waals surface area (Å²) in [7, 11) is 0. The average Bonchev–Trinajstić information content (AvgIpc) is 3.22. The lowest BCUT2D eigenvalue weighted by atomic mass is 9.78. The van der Waals surface area contributed by atoms with Gasteiger partial charge in [-0.25, -0.2) is 0 Å². The topological polar surface area (TPSA) is 90.6 Å². The first-order valence-electron chi connectivity index (χ1n) is 10.4. The molecule has 0 aliphatic carbocycles. The van der Waals surface area contributed by atoms with Gasteiger partial charge >= 0.3 is 0 Å². The van der Waals surface area contributed by atoms with E-state index in [4.69, 9.17) is 14.0 Å². The van der Waals surface area contributed by atoms with Gasteiger partial charge < -0.3 is 18.9 Å². The molecule has 1 unspecified atom stereocenters. The Balaban J connectivity index is 1.32. The van der Waals surface area contributed by atoms with E-state index >= 15 is 0 Å². The number of carbonyl (C=O) groups excluding carboxylic acids is 1. The molecule has 4 rings (SSSR count). The summed E-state index contributed by atoms with van der Waals surface area (Å²) in [6.07, 6.45) is 7.90. The summed E-state index contributed by atoms with van der Waals surface area (Å²) < 4.78 is 17.0. The zero-order chi connectivity index (χ0) is 20.1. The molecule has 0 bridgehead atoms. The third-order valence-electron chi connectivity index (χ3n) is 5.90. The van der Waals surface area contributed by atoms with Gasteiger partial charge in [0.25, 0.3) is 0 Å². The number of rotatable bonds is 6. The minimum atomic E-state index is -0.141. The molecule has 2 aliphatic heterocycles. The third kappa shape index (κ3) is 4.82. The summed E-state index contributed by atoms with van der Waals surface area (Å²) in [6, 6.07) is 3.78. The van der Waals surface area contributed by atoms with Crippen molar-refractivity contribution in [2.24, 2.45) is 5.92 Å². The van der Waals surface area contributed by atoms with Crippen molar-refractivity contribution in [3.8, 4) is 11.4 Å². The molecule has 2 aliphatic rings. The highest BCUT2D eigenvalue weighted by Crippen LogP contribution is 2.38. The van der Waals surface area contributed by atoms with Crippen molar-refractivity contribution in [3.05, 3.63) is 30.4 Å². The van der Waals surface area contributed by atoms with Crippen LogP contribution >= 0.6 is 0 Å². The van der Waals surface area contributed by atoms with Crippen molar-refractivity contribution in [1.82, 2.24) is 20.0 Å². The largest absolute Gasteiger partial charge is 0.375 e. The Kier molecular flexibility index (Phi) is 6.20. The van der Waals surface area contributed by atoms with E-state index in [0.29, 0.717) is 24.2 Å². The summed E-state index contributed by atoms with van der Waals surface area (Å²) in [4.78, 5) is 22.7. The lowest BCUT2D eigenvalue weighted by Gasteiger charge is -2.46. The van der Waals surface area contributed by atoms with Crippen molar-refractivity contribution in [2.45, 2.75) is 44.6 Å². The predicted molar refractivity (Wildman–Crippen MR) is 105 cm³/mol. The van der Waals surface area contributed by atoms with E-state index in [1.54, 1.807) is 12.4 Å². The van der Waals surface area contributed by atoms with E-state index in [1.165, 1.54) is 0 Å². The summed E-state index contributed by atoms with van der Waals surface area (Å²) in [5.41, 5.74) is 0.715. The molecule has 2 fully saturated rings. The molecule has 1 atom stereocenters. The van der Waals surface area contributed by atoms with Crippen LogP contribution in [-0.4, -0.2) is 64.4 Å². The van der Waals surface area contributed by atoms with Crippen molar-refractivity contribution < 1.29 is 18.8 Å². The van der Waals surface area contributed by atoms with Crippen LogP contribution in [0.25, 0.3) is 11.4 Å². The zero-order valence-electron chi connectivity index (χ0n) is 16.9. The summed E-state index contributed by atoms with van der Waals surface area (Å²) in [6.45, 7) is 4.82. The molecule has 156 valence electrons. The molecule has 0 saturated carbocycles. The van der Waals surface area contributed by atoms with Crippen LogP contribution in [0.1, 0.15) is 38.5 Å². The lowest BCUT2D eigenvalue weighted by Crippen LogP contribution is -2.51. The quantitative estimate of drug-likeness (QED) is 0.736. The van der Waals surface area contributed by atoms with Crippen LogP contribution < -0.4 is 0 Å². The Morgan fingerprint density at radius 3 is 3.00 bits per heavy atom. The second-order valence-corrected chi connectivity index (χ2v) is 7.87. The molecular weight excluding hydrogens is 372 g/mol. The van der Waals surface area contributed by atoms with Gasteiger partial charge in [-0.2, -0.15) is 4.98 Å². The number of carbonyl (C=O) groups is 1. The van der Waals surface area contributed by atoms with E-state index in [-0.39, 0.29) is 18.1 Å². The molecule has 4 heterocycles. The highest BCUT2D eigenvalue weighted by Gasteiger charge is 2.41. The third-order valence-corrected chi connectivity index (χ3v) is 5.90. The van der Waals surface area contributed by atoms with E-state index in [1.807, 2.05) is 24.0 Å². The number of likely N-dealkylation sites (tertiary alicyclic amines) is 1. The maximum atomic E-state index is 12.2. The van der Waals surface area contributed by atoms with Crippen LogP contribution in [0.3, 0.4) is 0 Å². The van der Waals surface area contributed by atoms with Gasteiger partial charge in [-0.05, 0) is 50.7 Å². The number of amides is 1. The molecule has 8 nitrogen and oxygen atoms in total. The van der Waals surface area contributed by atoms with Crippen molar-refractivity contribution >= 4 is 5.91 Å². The fourth-order valence-electron chi connectivity index (χ4n) is 4.29. The van der Waals surface area contributed by atoms with E-state index in [2.05, 4.69) is 15.1 Å². The predicted octanol–water partition coefficient (Wildman–Crippen LogP) is 2.50. The van der Waals surface area contributed by atoms with Gasteiger partial charge in [0.15, 0.2) is 0 Å². The minimum Gasteiger partial charge on any atom is -0.375 e.